The number of aromatic nitrogens is 5. The van der Waals surface area contributed by atoms with Crippen LogP contribution in [0, 0.1) is 0 Å². The van der Waals surface area contributed by atoms with Crippen molar-refractivity contribution in [2.75, 3.05) is 5.32 Å². The molecule has 0 spiro atoms. The maximum Gasteiger partial charge on any atom is 0.256 e. The number of hydrogen-bond acceptors (Lipinski definition) is 5. The minimum Gasteiger partial charge on any atom is -0.345 e. The van der Waals surface area contributed by atoms with Gasteiger partial charge in [0.05, 0.1) is 11.0 Å². The number of amides is 1. The molecule has 7 heteroatoms. The number of rotatable bonds is 3. The van der Waals surface area contributed by atoms with Crippen LogP contribution in [0.5, 0.6) is 0 Å². The number of nitrogens with zero attached hydrogens (tertiary/aromatic N) is 4. The molecule has 0 saturated heterocycles. The highest BCUT2D eigenvalue weighted by molar-refractivity contribution is 6.04. The number of H-pyrrole nitrogens is 1. The number of fused-ring (bicyclic) bond motifs is 2. The van der Waals surface area contributed by atoms with E-state index in [0.717, 1.165) is 27.5 Å². The van der Waals surface area contributed by atoms with Gasteiger partial charge in [-0.25, -0.2) is 4.98 Å². The van der Waals surface area contributed by atoms with Crippen LogP contribution in [0.1, 0.15) is 10.4 Å². The van der Waals surface area contributed by atoms with Crippen molar-refractivity contribution in [1.82, 2.24) is 24.9 Å². The zero-order valence-electron chi connectivity index (χ0n) is 14.6. The van der Waals surface area contributed by atoms with Crippen LogP contribution in [0.2, 0.25) is 0 Å². The molecule has 5 aromatic rings. The van der Waals surface area contributed by atoms with E-state index in [9.17, 15) is 4.79 Å². The van der Waals surface area contributed by atoms with Crippen molar-refractivity contribution in [3.63, 3.8) is 0 Å². The molecule has 0 aliphatic heterocycles. The van der Waals surface area contributed by atoms with Gasteiger partial charge in [0, 0.05) is 47.5 Å². The number of anilines is 1. The van der Waals surface area contributed by atoms with Crippen LogP contribution in [-0.4, -0.2) is 30.8 Å². The lowest BCUT2D eigenvalue weighted by Crippen LogP contribution is -2.12. The molecule has 0 fully saturated rings. The summed E-state index contributed by atoms with van der Waals surface area (Å²) in [6.07, 6.45) is 8.43. The van der Waals surface area contributed by atoms with Crippen molar-refractivity contribution >= 4 is 33.8 Å². The van der Waals surface area contributed by atoms with Gasteiger partial charge in [0.15, 0.2) is 0 Å². The lowest BCUT2D eigenvalue weighted by Gasteiger charge is -2.05. The molecule has 4 aromatic heterocycles. The van der Waals surface area contributed by atoms with Crippen molar-refractivity contribution < 1.29 is 4.79 Å². The second-order valence-corrected chi connectivity index (χ2v) is 6.24. The fourth-order valence-electron chi connectivity index (χ4n) is 3.14. The van der Waals surface area contributed by atoms with E-state index in [2.05, 4.69) is 30.2 Å². The van der Waals surface area contributed by atoms with Gasteiger partial charge in [-0.1, -0.05) is 6.07 Å². The van der Waals surface area contributed by atoms with E-state index in [1.165, 1.54) is 0 Å². The number of aromatic amines is 1. The second-order valence-electron chi connectivity index (χ2n) is 6.24. The van der Waals surface area contributed by atoms with E-state index < -0.39 is 0 Å². The molecule has 2 N–H and O–H groups in total. The van der Waals surface area contributed by atoms with Crippen molar-refractivity contribution in [1.29, 1.82) is 0 Å². The largest absolute Gasteiger partial charge is 0.345 e. The Hall–Kier alpha value is -4.13. The molecule has 0 aliphatic rings. The smallest absolute Gasteiger partial charge is 0.256 e. The lowest BCUT2D eigenvalue weighted by atomic mass is 10.1. The van der Waals surface area contributed by atoms with Crippen LogP contribution in [0.25, 0.3) is 33.2 Å². The predicted octanol–water partition coefficient (Wildman–Crippen LogP) is 3.82. The standard InChI is InChI=1S/C21H14N6O/c28-21(13-5-7-22-8-6-13)27-19-4-2-15-16(12-25-20(15)26-19)14-1-3-17-18(11-14)24-10-9-23-17/h1-12H,(H2,25,26,27,28). The molecule has 134 valence electrons. The topological polar surface area (TPSA) is 96.5 Å². The summed E-state index contributed by atoms with van der Waals surface area (Å²) in [7, 11) is 0. The fourth-order valence-corrected chi connectivity index (χ4v) is 3.14. The zero-order valence-corrected chi connectivity index (χ0v) is 14.6. The monoisotopic (exact) mass is 366 g/mol. The summed E-state index contributed by atoms with van der Waals surface area (Å²) in [6, 6.07) is 13.0. The van der Waals surface area contributed by atoms with Crippen LogP contribution in [0.15, 0.2) is 73.4 Å². The summed E-state index contributed by atoms with van der Waals surface area (Å²) in [5, 5.41) is 3.77. The minimum atomic E-state index is -0.228. The van der Waals surface area contributed by atoms with Gasteiger partial charge in [-0.05, 0) is 42.0 Å². The third-order valence-electron chi connectivity index (χ3n) is 4.50. The normalized spacial score (nSPS) is 11.0. The Labute approximate surface area is 159 Å². The Morgan fingerprint density at radius 2 is 1.71 bits per heavy atom. The highest BCUT2D eigenvalue weighted by Crippen LogP contribution is 2.30. The van der Waals surface area contributed by atoms with Gasteiger partial charge < -0.3 is 10.3 Å². The number of carbonyl (C=O) groups excluding carboxylic acids is 1. The summed E-state index contributed by atoms with van der Waals surface area (Å²) < 4.78 is 0. The molecule has 0 bridgehead atoms. The average molecular weight is 366 g/mol. The summed E-state index contributed by atoms with van der Waals surface area (Å²) in [5.41, 5.74) is 4.95. The summed E-state index contributed by atoms with van der Waals surface area (Å²) in [4.78, 5) is 32.6. The Morgan fingerprint density at radius 1 is 0.893 bits per heavy atom. The number of nitrogens with one attached hydrogen (secondary N) is 2. The van der Waals surface area contributed by atoms with Gasteiger partial charge in [-0.2, -0.15) is 0 Å². The van der Waals surface area contributed by atoms with Gasteiger partial charge in [0.25, 0.3) is 5.91 Å². The third-order valence-corrected chi connectivity index (χ3v) is 4.50. The van der Waals surface area contributed by atoms with E-state index in [4.69, 9.17) is 0 Å². The van der Waals surface area contributed by atoms with Crippen molar-refractivity contribution in [2.45, 2.75) is 0 Å². The Morgan fingerprint density at radius 3 is 2.57 bits per heavy atom. The first kappa shape index (κ1) is 16.1. The van der Waals surface area contributed by atoms with Gasteiger partial charge in [0.2, 0.25) is 0 Å². The molecule has 28 heavy (non-hydrogen) atoms. The molecule has 0 aliphatic carbocycles. The molecule has 0 radical (unpaired) electrons. The maximum atomic E-state index is 12.3. The summed E-state index contributed by atoms with van der Waals surface area (Å²) in [6.45, 7) is 0. The molecule has 1 aromatic carbocycles. The van der Waals surface area contributed by atoms with E-state index >= 15 is 0 Å². The van der Waals surface area contributed by atoms with Gasteiger partial charge in [-0.3, -0.25) is 19.7 Å². The predicted molar refractivity (Wildman–Crippen MR) is 107 cm³/mol. The highest BCUT2D eigenvalue weighted by Gasteiger charge is 2.11. The van der Waals surface area contributed by atoms with E-state index in [1.807, 2.05) is 30.5 Å². The molecule has 0 unspecified atom stereocenters. The molecule has 5 rings (SSSR count). The Kier molecular flexibility index (Phi) is 3.76. The number of benzene rings is 1. The van der Waals surface area contributed by atoms with Gasteiger partial charge >= 0.3 is 0 Å². The van der Waals surface area contributed by atoms with Crippen LogP contribution >= 0.6 is 0 Å². The van der Waals surface area contributed by atoms with Gasteiger partial charge in [-0.15, -0.1) is 0 Å². The number of hydrogen-bond donors (Lipinski definition) is 2. The molecule has 4 heterocycles. The van der Waals surface area contributed by atoms with E-state index in [-0.39, 0.29) is 5.91 Å². The first-order valence-electron chi connectivity index (χ1n) is 8.68. The average Bonchev–Trinajstić information content (AvgIpc) is 3.17. The van der Waals surface area contributed by atoms with Crippen molar-refractivity contribution in [2.24, 2.45) is 0 Å². The Balaban J connectivity index is 1.48. The quantitative estimate of drug-likeness (QED) is 0.506. The maximum absolute atomic E-state index is 12.3. The Bertz CT molecular complexity index is 1310. The first-order valence-corrected chi connectivity index (χ1v) is 8.68. The summed E-state index contributed by atoms with van der Waals surface area (Å²) >= 11 is 0. The first-order chi connectivity index (χ1) is 13.8. The van der Waals surface area contributed by atoms with Crippen molar-refractivity contribution in [3.05, 3.63) is 79.0 Å². The van der Waals surface area contributed by atoms with Crippen LogP contribution in [-0.2, 0) is 0 Å². The summed E-state index contributed by atoms with van der Waals surface area (Å²) in [5.74, 6) is 0.251. The molecular weight excluding hydrogens is 352 g/mol. The molecule has 0 atom stereocenters. The van der Waals surface area contributed by atoms with Crippen molar-refractivity contribution in [3.8, 4) is 11.1 Å². The van der Waals surface area contributed by atoms with E-state index in [0.29, 0.717) is 17.0 Å². The third kappa shape index (κ3) is 2.84. The zero-order chi connectivity index (χ0) is 18.9. The molecule has 1 amide bonds. The highest BCUT2D eigenvalue weighted by atomic mass is 16.1. The number of carbonyl (C=O) groups is 1. The molecular formula is C21H14N6O. The van der Waals surface area contributed by atoms with Gasteiger partial charge in [0.1, 0.15) is 11.5 Å². The second kappa shape index (κ2) is 6.55. The van der Waals surface area contributed by atoms with Crippen LogP contribution < -0.4 is 5.32 Å². The fraction of sp³-hybridized carbons (Fsp3) is 0. The molecule has 0 saturated carbocycles. The lowest BCUT2D eigenvalue weighted by molar-refractivity contribution is 0.102. The SMILES string of the molecule is O=C(Nc1ccc2c(-c3ccc4nccnc4c3)c[nH]c2n1)c1ccncc1. The van der Waals surface area contributed by atoms with E-state index in [1.54, 1.807) is 43.0 Å². The van der Waals surface area contributed by atoms with Crippen LogP contribution in [0.4, 0.5) is 5.82 Å². The minimum absolute atomic E-state index is 0.228. The number of pyridine rings is 2. The molecule has 7 nitrogen and oxygen atoms in total. The van der Waals surface area contributed by atoms with Crippen LogP contribution in [0.3, 0.4) is 0 Å².